The van der Waals surface area contributed by atoms with Crippen molar-refractivity contribution in [3.63, 3.8) is 0 Å². The lowest BCUT2D eigenvalue weighted by Crippen LogP contribution is -2.51. The van der Waals surface area contributed by atoms with E-state index in [9.17, 15) is 4.79 Å². The number of carbonyl (C=O) groups excluding carboxylic acids is 1. The van der Waals surface area contributed by atoms with Crippen molar-refractivity contribution in [3.8, 4) is 10.8 Å². The van der Waals surface area contributed by atoms with Crippen molar-refractivity contribution in [1.82, 2.24) is 9.88 Å². The van der Waals surface area contributed by atoms with E-state index < -0.39 is 0 Å². The van der Waals surface area contributed by atoms with E-state index in [1.165, 1.54) is 11.3 Å². The maximum atomic E-state index is 13.0. The SMILES string of the molecule is Cc1ccc(-c2nc(C)c(C(=O)N3CCCCC3C(C)N)s2)o1.Cl.Cl. The number of piperidine rings is 1. The van der Waals surface area contributed by atoms with Crippen LogP contribution >= 0.6 is 36.2 Å². The van der Waals surface area contributed by atoms with E-state index in [0.29, 0.717) is 4.88 Å². The average molecular weight is 406 g/mol. The van der Waals surface area contributed by atoms with Crippen LogP contribution in [0.3, 0.4) is 0 Å². The lowest BCUT2D eigenvalue weighted by molar-refractivity contribution is 0.0588. The third-order valence-electron chi connectivity index (χ3n) is 4.36. The fraction of sp³-hybridized carbons (Fsp3) is 0.529. The number of aryl methyl sites for hydroxylation is 2. The van der Waals surface area contributed by atoms with Gasteiger partial charge in [-0.3, -0.25) is 4.79 Å². The monoisotopic (exact) mass is 405 g/mol. The number of hydrogen-bond acceptors (Lipinski definition) is 5. The molecular formula is C17H25Cl2N3O2S. The van der Waals surface area contributed by atoms with E-state index in [0.717, 1.165) is 48.0 Å². The highest BCUT2D eigenvalue weighted by atomic mass is 35.5. The van der Waals surface area contributed by atoms with Gasteiger partial charge in [-0.1, -0.05) is 0 Å². The van der Waals surface area contributed by atoms with Crippen LogP contribution in [0.2, 0.25) is 0 Å². The summed E-state index contributed by atoms with van der Waals surface area (Å²) >= 11 is 1.40. The van der Waals surface area contributed by atoms with Crippen LogP contribution in [0.1, 0.15) is 47.3 Å². The number of likely N-dealkylation sites (tertiary alicyclic amines) is 1. The summed E-state index contributed by atoms with van der Waals surface area (Å²) in [7, 11) is 0. The van der Waals surface area contributed by atoms with Gasteiger partial charge in [0.2, 0.25) is 0 Å². The zero-order valence-corrected chi connectivity index (χ0v) is 17.1. The van der Waals surface area contributed by atoms with Crippen LogP contribution in [0.5, 0.6) is 0 Å². The number of thiazole rings is 1. The standard InChI is InChI=1S/C17H23N3O2S.2ClH/c1-10-7-8-14(22-10)16-19-12(3)15(23-16)17(21)20-9-5-4-6-13(20)11(2)18;;/h7-8,11,13H,4-6,9,18H2,1-3H3;2*1H. The van der Waals surface area contributed by atoms with Gasteiger partial charge in [0.05, 0.1) is 5.69 Å². The Kier molecular flexibility index (Phi) is 7.93. The minimum atomic E-state index is -0.0142. The van der Waals surface area contributed by atoms with Gasteiger partial charge >= 0.3 is 0 Å². The molecule has 1 aliphatic heterocycles. The summed E-state index contributed by atoms with van der Waals surface area (Å²) in [6.45, 7) is 6.54. The van der Waals surface area contributed by atoms with Crippen molar-refractivity contribution in [2.24, 2.45) is 5.73 Å². The second-order valence-corrected chi connectivity index (χ2v) is 7.26. The molecule has 3 heterocycles. The molecule has 2 aromatic heterocycles. The summed E-state index contributed by atoms with van der Waals surface area (Å²) in [5, 5.41) is 0.758. The number of rotatable bonds is 3. The molecule has 1 saturated heterocycles. The van der Waals surface area contributed by atoms with Gasteiger partial charge in [0.25, 0.3) is 5.91 Å². The number of hydrogen-bond donors (Lipinski definition) is 1. The Morgan fingerprint density at radius 3 is 2.68 bits per heavy atom. The molecule has 2 atom stereocenters. The highest BCUT2D eigenvalue weighted by molar-refractivity contribution is 7.17. The van der Waals surface area contributed by atoms with E-state index in [1.54, 1.807) is 0 Å². The van der Waals surface area contributed by atoms with E-state index in [2.05, 4.69) is 4.98 Å². The minimum absolute atomic E-state index is 0. The number of furan rings is 1. The Hall–Kier alpha value is -1.08. The van der Waals surface area contributed by atoms with E-state index in [-0.39, 0.29) is 42.8 Å². The Morgan fingerprint density at radius 2 is 2.08 bits per heavy atom. The molecule has 1 aliphatic rings. The van der Waals surface area contributed by atoms with Gasteiger partial charge in [-0.15, -0.1) is 36.2 Å². The maximum absolute atomic E-state index is 13.0. The molecule has 0 spiro atoms. The molecule has 0 radical (unpaired) electrons. The smallest absolute Gasteiger partial charge is 0.266 e. The molecule has 1 amide bonds. The lowest BCUT2D eigenvalue weighted by atomic mass is 9.96. The highest BCUT2D eigenvalue weighted by Crippen LogP contribution is 2.31. The first-order valence-corrected chi connectivity index (χ1v) is 8.90. The molecule has 0 aliphatic carbocycles. The molecule has 2 unspecified atom stereocenters. The number of nitrogens with zero attached hydrogens (tertiary/aromatic N) is 2. The van der Waals surface area contributed by atoms with Gasteiger partial charge in [0, 0.05) is 18.6 Å². The normalized spacial score (nSPS) is 18.2. The molecule has 2 N–H and O–H groups in total. The minimum Gasteiger partial charge on any atom is -0.459 e. The lowest BCUT2D eigenvalue weighted by Gasteiger charge is -2.37. The van der Waals surface area contributed by atoms with Gasteiger partial charge in [0.1, 0.15) is 10.6 Å². The summed E-state index contributed by atoms with van der Waals surface area (Å²) < 4.78 is 5.63. The molecule has 25 heavy (non-hydrogen) atoms. The van der Waals surface area contributed by atoms with Gasteiger partial charge < -0.3 is 15.1 Å². The van der Waals surface area contributed by atoms with Crippen LogP contribution < -0.4 is 5.73 Å². The first kappa shape index (κ1) is 22.0. The van der Waals surface area contributed by atoms with Crippen molar-refractivity contribution < 1.29 is 9.21 Å². The average Bonchev–Trinajstić information content (AvgIpc) is 3.12. The molecule has 3 rings (SSSR count). The van der Waals surface area contributed by atoms with E-state index in [4.69, 9.17) is 10.2 Å². The van der Waals surface area contributed by atoms with Gasteiger partial charge in [0.15, 0.2) is 10.8 Å². The molecule has 0 aromatic carbocycles. The van der Waals surface area contributed by atoms with Crippen LogP contribution in [0.25, 0.3) is 10.8 Å². The predicted octanol–water partition coefficient (Wildman–Crippen LogP) is 4.21. The van der Waals surface area contributed by atoms with Crippen molar-refractivity contribution in [3.05, 3.63) is 28.5 Å². The van der Waals surface area contributed by atoms with Crippen LogP contribution in [0, 0.1) is 13.8 Å². The molecule has 2 aromatic rings. The fourth-order valence-corrected chi connectivity index (χ4v) is 4.12. The quantitative estimate of drug-likeness (QED) is 0.829. The Bertz CT molecular complexity index is 715. The van der Waals surface area contributed by atoms with Crippen molar-refractivity contribution >= 4 is 42.1 Å². The van der Waals surface area contributed by atoms with Crippen LogP contribution in [0.4, 0.5) is 0 Å². The zero-order chi connectivity index (χ0) is 16.6. The third-order valence-corrected chi connectivity index (χ3v) is 5.52. The molecule has 0 bridgehead atoms. The predicted molar refractivity (Wildman–Crippen MR) is 106 cm³/mol. The Labute approximate surface area is 164 Å². The van der Waals surface area contributed by atoms with Crippen LogP contribution in [-0.4, -0.2) is 34.4 Å². The summed E-state index contributed by atoms with van der Waals surface area (Å²) in [5.41, 5.74) is 6.85. The second-order valence-electron chi connectivity index (χ2n) is 6.26. The molecular weight excluding hydrogens is 381 g/mol. The summed E-state index contributed by atoms with van der Waals surface area (Å²) in [6, 6.07) is 3.91. The molecule has 0 saturated carbocycles. The zero-order valence-electron chi connectivity index (χ0n) is 14.7. The molecule has 5 nitrogen and oxygen atoms in total. The van der Waals surface area contributed by atoms with Crippen LogP contribution in [-0.2, 0) is 0 Å². The van der Waals surface area contributed by atoms with Gasteiger partial charge in [-0.25, -0.2) is 4.98 Å². The third kappa shape index (κ3) is 4.56. The molecule has 8 heteroatoms. The van der Waals surface area contributed by atoms with Crippen molar-refractivity contribution in [1.29, 1.82) is 0 Å². The summed E-state index contributed by atoms with van der Waals surface area (Å²) in [6.07, 6.45) is 3.15. The number of aromatic nitrogens is 1. The number of carbonyl (C=O) groups is 1. The fourth-order valence-electron chi connectivity index (χ4n) is 3.14. The first-order chi connectivity index (χ1) is 11.0. The van der Waals surface area contributed by atoms with Crippen LogP contribution in [0.15, 0.2) is 16.5 Å². The Morgan fingerprint density at radius 1 is 1.36 bits per heavy atom. The van der Waals surface area contributed by atoms with Crippen molar-refractivity contribution in [2.75, 3.05) is 6.54 Å². The number of nitrogens with two attached hydrogens (primary N) is 1. The molecule has 140 valence electrons. The van der Waals surface area contributed by atoms with E-state index >= 15 is 0 Å². The maximum Gasteiger partial charge on any atom is 0.266 e. The van der Waals surface area contributed by atoms with Gasteiger partial charge in [-0.05, 0) is 52.2 Å². The number of amides is 1. The topological polar surface area (TPSA) is 72.4 Å². The highest BCUT2D eigenvalue weighted by Gasteiger charge is 2.32. The summed E-state index contributed by atoms with van der Waals surface area (Å²) in [5.74, 6) is 1.61. The number of halogens is 2. The molecule has 1 fully saturated rings. The van der Waals surface area contributed by atoms with Crippen molar-refractivity contribution in [2.45, 2.75) is 52.1 Å². The van der Waals surface area contributed by atoms with E-state index in [1.807, 2.05) is 37.8 Å². The summed E-state index contributed by atoms with van der Waals surface area (Å²) in [4.78, 5) is 20.2. The Balaban J connectivity index is 0.00000156. The first-order valence-electron chi connectivity index (χ1n) is 8.08. The second kappa shape index (κ2) is 9.03. The largest absolute Gasteiger partial charge is 0.459 e. The van der Waals surface area contributed by atoms with Gasteiger partial charge in [-0.2, -0.15) is 0 Å².